The minimum Gasteiger partial charge on any atom is -0.333 e. The van der Waals surface area contributed by atoms with Crippen molar-refractivity contribution < 1.29 is 9.59 Å². The average Bonchev–Trinajstić information content (AvgIpc) is 2.48. The average molecular weight is 195 g/mol. The molecule has 2 atom stereocenters. The fourth-order valence-electron chi connectivity index (χ4n) is 2.22. The van der Waals surface area contributed by atoms with Crippen molar-refractivity contribution in [3.63, 3.8) is 0 Å². The largest absolute Gasteiger partial charge is 0.333 e. The Kier molecular flexibility index (Phi) is 3.44. The normalized spacial score (nSPS) is 26.3. The summed E-state index contributed by atoms with van der Waals surface area (Å²) >= 11 is 0. The van der Waals surface area contributed by atoms with Crippen molar-refractivity contribution in [1.82, 2.24) is 4.90 Å². The van der Waals surface area contributed by atoms with Gasteiger partial charge in [0.2, 0.25) is 5.91 Å². The van der Waals surface area contributed by atoms with E-state index in [0.29, 0.717) is 6.54 Å². The molecule has 0 aromatic rings. The van der Waals surface area contributed by atoms with E-state index in [0.717, 1.165) is 12.8 Å². The van der Waals surface area contributed by atoms with E-state index in [1.54, 1.807) is 11.8 Å². The Hall–Kier alpha value is -1.12. The molecule has 3 nitrogen and oxygen atoms in total. The van der Waals surface area contributed by atoms with Gasteiger partial charge in [0, 0.05) is 13.5 Å². The minimum absolute atomic E-state index is 0.00300. The van der Waals surface area contributed by atoms with Crippen LogP contribution in [0.4, 0.5) is 0 Å². The highest BCUT2D eigenvalue weighted by Crippen LogP contribution is 2.28. The number of rotatable bonds is 3. The van der Waals surface area contributed by atoms with E-state index in [4.69, 9.17) is 0 Å². The summed E-state index contributed by atoms with van der Waals surface area (Å²) in [6.45, 7) is 7.46. The van der Waals surface area contributed by atoms with E-state index in [1.165, 1.54) is 6.92 Å². The van der Waals surface area contributed by atoms with Gasteiger partial charge in [-0.1, -0.05) is 6.08 Å². The van der Waals surface area contributed by atoms with E-state index in [2.05, 4.69) is 6.58 Å². The third-order valence-electron chi connectivity index (χ3n) is 2.81. The molecule has 0 spiro atoms. The maximum Gasteiger partial charge on any atom is 0.220 e. The van der Waals surface area contributed by atoms with Gasteiger partial charge in [-0.25, -0.2) is 0 Å². The number of ketones is 1. The van der Waals surface area contributed by atoms with Crippen LogP contribution in [0.25, 0.3) is 0 Å². The molecule has 0 aromatic heterocycles. The van der Waals surface area contributed by atoms with Gasteiger partial charge in [0.05, 0.1) is 6.04 Å². The third-order valence-corrected chi connectivity index (χ3v) is 2.81. The van der Waals surface area contributed by atoms with Gasteiger partial charge in [-0.2, -0.15) is 0 Å². The molecule has 0 radical (unpaired) electrons. The molecule has 1 saturated heterocycles. The SMILES string of the molecule is C=CCC1CCN(C(C)=O)[C@@H]1C(C)=O. The number of nitrogens with zero attached hydrogens (tertiary/aromatic N) is 1. The van der Waals surface area contributed by atoms with Gasteiger partial charge in [0.1, 0.15) is 0 Å². The monoisotopic (exact) mass is 195 g/mol. The molecule has 0 saturated carbocycles. The molecule has 1 unspecified atom stereocenters. The number of carbonyl (C=O) groups is 2. The van der Waals surface area contributed by atoms with Crippen LogP contribution in [0, 0.1) is 5.92 Å². The van der Waals surface area contributed by atoms with E-state index < -0.39 is 0 Å². The first-order chi connectivity index (χ1) is 6.57. The smallest absolute Gasteiger partial charge is 0.220 e. The molecule has 1 fully saturated rings. The molecule has 1 aliphatic rings. The van der Waals surface area contributed by atoms with Crippen LogP contribution >= 0.6 is 0 Å². The van der Waals surface area contributed by atoms with E-state index in [9.17, 15) is 9.59 Å². The number of carbonyl (C=O) groups excluding carboxylic acids is 2. The number of Topliss-reactive ketones (excluding diaryl/α,β-unsaturated/α-hetero) is 1. The summed E-state index contributed by atoms with van der Waals surface area (Å²) in [4.78, 5) is 24.4. The van der Waals surface area contributed by atoms with Crippen LogP contribution in [-0.4, -0.2) is 29.2 Å². The molecule has 78 valence electrons. The summed E-state index contributed by atoms with van der Waals surface area (Å²) in [6.07, 6.45) is 3.55. The molecule has 1 rings (SSSR count). The second-order valence-corrected chi connectivity index (χ2v) is 3.84. The van der Waals surface area contributed by atoms with Crippen LogP contribution in [0.1, 0.15) is 26.7 Å². The first-order valence-electron chi connectivity index (χ1n) is 4.96. The number of likely N-dealkylation sites (tertiary alicyclic amines) is 1. The van der Waals surface area contributed by atoms with Crippen molar-refractivity contribution in [3.05, 3.63) is 12.7 Å². The van der Waals surface area contributed by atoms with Crippen LogP contribution in [-0.2, 0) is 9.59 Å². The van der Waals surface area contributed by atoms with Gasteiger partial charge in [-0.15, -0.1) is 6.58 Å². The predicted octanol–water partition coefficient (Wildman–Crippen LogP) is 1.39. The first-order valence-corrected chi connectivity index (χ1v) is 4.96. The van der Waals surface area contributed by atoms with Gasteiger partial charge >= 0.3 is 0 Å². The van der Waals surface area contributed by atoms with Crippen molar-refractivity contribution >= 4 is 11.7 Å². The molecule has 0 aliphatic carbocycles. The number of hydrogen-bond acceptors (Lipinski definition) is 2. The molecule has 0 N–H and O–H groups in total. The Morgan fingerprint density at radius 2 is 2.14 bits per heavy atom. The van der Waals surface area contributed by atoms with Gasteiger partial charge in [-0.3, -0.25) is 9.59 Å². The zero-order valence-electron chi connectivity index (χ0n) is 8.82. The Morgan fingerprint density at radius 1 is 1.50 bits per heavy atom. The lowest BCUT2D eigenvalue weighted by molar-refractivity contribution is -0.136. The second kappa shape index (κ2) is 4.40. The van der Waals surface area contributed by atoms with E-state index >= 15 is 0 Å². The molecule has 1 aliphatic heterocycles. The zero-order chi connectivity index (χ0) is 10.7. The molecular weight excluding hydrogens is 178 g/mol. The van der Waals surface area contributed by atoms with Crippen molar-refractivity contribution in [1.29, 1.82) is 0 Å². The summed E-state index contributed by atoms with van der Waals surface area (Å²) < 4.78 is 0. The van der Waals surface area contributed by atoms with Crippen molar-refractivity contribution in [2.24, 2.45) is 5.92 Å². The Bertz CT molecular complexity index is 260. The number of allylic oxidation sites excluding steroid dienone is 1. The van der Waals surface area contributed by atoms with Crippen LogP contribution in [0.2, 0.25) is 0 Å². The summed E-state index contributed by atoms with van der Waals surface area (Å²) in [5.41, 5.74) is 0. The number of amides is 1. The summed E-state index contributed by atoms with van der Waals surface area (Å²) in [5, 5.41) is 0. The molecule has 0 bridgehead atoms. The standard InChI is InChI=1S/C11H17NO2/c1-4-5-10-6-7-12(9(3)14)11(10)8(2)13/h4,10-11H,1,5-7H2,2-3H3/t10?,11-/m1/s1. The lowest BCUT2D eigenvalue weighted by Gasteiger charge is -2.24. The van der Waals surface area contributed by atoms with Gasteiger partial charge in [-0.05, 0) is 25.7 Å². The fourth-order valence-corrected chi connectivity index (χ4v) is 2.22. The van der Waals surface area contributed by atoms with Crippen molar-refractivity contribution in [3.8, 4) is 0 Å². The molecular formula is C11H17NO2. The van der Waals surface area contributed by atoms with Crippen molar-refractivity contribution in [2.45, 2.75) is 32.7 Å². The molecule has 3 heteroatoms. The predicted molar refractivity (Wildman–Crippen MR) is 54.8 cm³/mol. The van der Waals surface area contributed by atoms with Crippen LogP contribution < -0.4 is 0 Å². The maximum absolute atomic E-state index is 11.4. The summed E-state index contributed by atoms with van der Waals surface area (Å²) in [7, 11) is 0. The Morgan fingerprint density at radius 3 is 2.57 bits per heavy atom. The summed E-state index contributed by atoms with van der Waals surface area (Å²) in [5.74, 6) is 0.357. The van der Waals surface area contributed by atoms with Crippen LogP contribution in [0.3, 0.4) is 0 Å². The number of hydrogen-bond donors (Lipinski definition) is 0. The van der Waals surface area contributed by atoms with Crippen LogP contribution in [0.15, 0.2) is 12.7 Å². The molecule has 0 aromatic carbocycles. The van der Waals surface area contributed by atoms with Gasteiger partial charge < -0.3 is 4.90 Å². The Labute approximate surface area is 84.8 Å². The highest BCUT2D eigenvalue weighted by atomic mass is 16.2. The molecule has 1 heterocycles. The zero-order valence-corrected chi connectivity index (χ0v) is 8.82. The fraction of sp³-hybridized carbons (Fsp3) is 0.636. The summed E-state index contributed by atoms with van der Waals surface area (Å²) in [6, 6.07) is -0.217. The minimum atomic E-state index is -0.217. The molecule has 1 amide bonds. The van der Waals surface area contributed by atoms with Crippen molar-refractivity contribution in [2.75, 3.05) is 6.54 Å². The third kappa shape index (κ3) is 2.03. The Balaban J connectivity index is 2.79. The van der Waals surface area contributed by atoms with Gasteiger partial charge in [0.25, 0.3) is 0 Å². The molecule has 14 heavy (non-hydrogen) atoms. The lowest BCUT2D eigenvalue weighted by Crippen LogP contribution is -2.41. The second-order valence-electron chi connectivity index (χ2n) is 3.84. The van der Waals surface area contributed by atoms with Crippen LogP contribution in [0.5, 0.6) is 0 Å². The van der Waals surface area contributed by atoms with E-state index in [1.807, 2.05) is 6.08 Å². The maximum atomic E-state index is 11.4. The topological polar surface area (TPSA) is 37.4 Å². The lowest BCUT2D eigenvalue weighted by atomic mass is 9.94. The van der Waals surface area contributed by atoms with Gasteiger partial charge in [0.15, 0.2) is 5.78 Å². The highest BCUT2D eigenvalue weighted by Gasteiger charge is 2.37. The first kappa shape index (κ1) is 11.0. The highest BCUT2D eigenvalue weighted by molar-refractivity contribution is 5.87. The van der Waals surface area contributed by atoms with E-state index in [-0.39, 0.29) is 23.7 Å². The quantitative estimate of drug-likeness (QED) is 0.638.